The number of nitro benzene ring substituents is 1. The number of carbonyl (C=O) groups is 2. The summed E-state index contributed by atoms with van der Waals surface area (Å²) in [5.74, 6) is -1.39. The maximum Gasteiger partial charge on any atom is 0.374 e. The Morgan fingerprint density at radius 2 is 1.96 bits per heavy atom. The number of rotatable bonds is 6. The largest absolute Gasteiger partial charge is 0.490 e. The third kappa shape index (κ3) is 3.93. The van der Waals surface area contributed by atoms with E-state index >= 15 is 0 Å². The fraction of sp³-hybridized carbons (Fsp3) is 0.158. The molecule has 0 saturated heterocycles. The Hall–Kier alpha value is -3.88. The lowest BCUT2D eigenvalue weighted by molar-refractivity contribution is -0.385. The standard InChI is InChI=1S/C19H16N2O7/c1-11-7-14(21(24)25)16(26-2)9-13(11)20-18(22)10-27-19(23)17-8-12-5-3-4-6-15(12)28-17/h3-9H,10H2,1-2H3,(H,20,22). The van der Waals surface area contributed by atoms with Crippen molar-refractivity contribution >= 4 is 34.2 Å². The Kier molecular flexibility index (Phi) is 5.25. The number of esters is 1. The van der Waals surface area contributed by atoms with Crippen LogP contribution in [0.4, 0.5) is 11.4 Å². The van der Waals surface area contributed by atoms with Gasteiger partial charge in [0.1, 0.15) is 5.58 Å². The number of ether oxygens (including phenoxy) is 2. The van der Waals surface area contributed by atoms with Crippen molar-refractivity contribution in [1.29, 1.82) is 0 Å². The molecule has 28 heavy (non-hydrogen) atoms. The molecule has 9 heteroatoms. The molecule has 0 unspecified atom stereocenters. The van der Waals surface area contributed by atoms with Gasteiger partial charge in [-0.05, 0) is 24.6 Å². The van der Waals surface area contributed by atoms with Crippen LogP contribution in [-0.2, 0) is 9.53 Å². The minimum absolute atomic E-state index is 0.00479. The van der Waals surface area contributed by atoms with Crippen LogP contribution >= 0.6 is 0 Å². The van der Waals surface area contributed by atoms with Crippen molar-refractivity contribution in [1.82, 2.24) is 0 Å². The molecule has 1 heterocycles. The number of fused-ring (bicyclic) bond motifs is 1. The summed E-state index contributed by atoms with van der Waals surface area (Å²) in [5, 5.41) is 14.3. The molecule has 0 atom stereocenters. The van der Waals surface area contributed by atoms with E-state index in [0.717, 1.165) is 5.39 Å². The molecular formula is C19H16N2O7. The predicted molar refractivity (Wildman–Crippen MR) is 99.5 cm³/mol. The van der Waals surface area contributed by atoms with Crippen molar-refractivity contribution in [3.63, 3.8) is 0 Å². The van der Waals surface area contributed by atoms with Crippen LogP contribution in [0.1, 0.15) is 16.1 Å². The van der Waals surface area contributed by atoms with Gasteiger partial charge in [-0.2, -0.15) is 0 Å². The van der Waals surface area contributed by atoms with Crippen LogP contribution in [0.5, 0.6) is 5.75 Å². The number of carbonyl (C=O) groups excluding carboxylic acids is 2. The van der Waals surface area contributed by atoms with Gasteiger partial charge in [0, 0.05) is 23.2 Å². The van der Waals surface area contributed by atoms with Crippen molar-refractivity contribution in [3.8, 4) is 5.75 Å². The molecule has 0 spiro atoms. The van der Waals surface area contributed by atoms with Gasteiger partial charge in [-0.15, -0.1) is 0 Å². The first-order valence-electron chi connectivity index (χ1n) is 8.17. The quantitative estimate of drug-likeness (QED) is 0.392. The zero-order valence-electron chi connectivity index (χ0n) is 15.1. The molecule has 1 aromatic heterocycles. The first-order chi connectivity index (χ1) is 13.4. The van der Waals surface area contributed by atoms with Gasteiger partial charge >= 0.3 is 11.7 Å². The van der Waals surface area contributed by atoms with E-state index in [9.17, 15) is 19.7 Å². The molecule has 1 N–H and O–H groups in total. The van der Waals surface area contributed by atoms with Crippen LogP contribution in [-0.4, -0.2) is 30.5 Å². The number of furan rings is 1. The Bertz CT molecular complexity index is 1040. The first kappa shape index (κ1) is 18.9. The van der Waals surface area contributed by atoms with E-state index in [1.54, 1.807) is 31.2 Å². The lowest BCUT2D eigenvalue weighted by Gasteiger charge is -2.11. The smallest absolute Gasteiger partial charge is 0.374 e. The minimum atomic E-state index is -0.774. The molecule has 0 bridgehead atoms. The number of benzene rings is 2. The molecule has 2 aromatic carbocycles. The Morgan fingerprint density at radius 1 is 1.21 bits per heavy atom. The first-order valence-corrected chi connectivity index (χ1v) is 8.17. The predicted octanol–water partition coefficient (Wildman–Crippen LogP) is 3.45. The number of hydrogen-bond donors (Lipinski definition) is 1. The average molecular weight is 384 g/mol. The lowest BCUT2D eigenvalue weighted by Crippen LogP contribution is -2.21. The zero-order chi connectivity index (χ0) is 20.3. The van der Waals surface area contributed by atoms with Crippen LogP contribution in [0.2, 0.25) is 0 Å². The number of methoxy groups -OCH3 is 1. The molecule has 144 valence electrons. The second-order valence-corrected chi connectivity index (χ2v) is 5.87. The summed E-state index contributed by atoms with van der Waals surface area (Å²) >= 11 is 0. The number of amides is 1. The van der Waals surface area contributed by atoms with Gasteiger partial charge in [-0.25, -0.2) is 4.79 Å². The molecule has 0 radical (unpaired) electrons. The third-order valence-corrected chi connectivity index (χ3v) is 3.96. The van der Waals surface area contributed by atoms with E-state index in [1.807, 2.05) is 0 Å². The normalized spacial score (nSPS) is 10.5. The maximum absolute atomic E-state index is 12.1. The van der Waals surface area contributed by atoms with Gasteiger partial charge in [-0.3, -0.25) is 14.9 Å². The Morgan fingerprint density at radius 3 is 2.64 bits per heavy atom. The van der Waals surface area contributed by atoms with Gasteiger partial charge < -0.3 is 19.2 Å². The highest BCUT2D eigenvalue weighted by atomic mass is 16.6. The van der Waals surface area contributed by atoms with Crippen LogP contribution in [0.15, 0.2) is 46.9 Å². The van der Waals surface area contributed by atoms with E-state index in [1.165, 1.54) is 25.3 Å². The van der Waals surface area contributed by atoms with Crippen molar-refractivity contribution in [2.75, 3.05) is 19.0 Å². The molecule has 0 fully saturated rings. The molecule has 3 aromatic rings. The fourth-order valence-corrected chi connectivity index (χ4v) is 2.58. The van der Waals surface area contributed by atoms with Gasteiger partial charge in [0.05, 0.1) is 12.0 Å². The summed E-state index contributed by atoms with van der Waals surface area (Å²) in [4.78, 5) is 34.6. The molecule has 9 nitrogen and oxygen atoms in total. The number of para-hydroxylation sites is 1. The van der Waals surface area contributed by atoms with Gasteiger partial charge in [0.2, 0.25) is 5.76 Å². The summed E-state index contributed by atoms with van der Waals surface area (Å²) in [6, 6.07) is 11.2. The van der Waals surface area contributed by atoms with Crippen molar-refractivity contribution in [2.24, 2.45) is 0 Å². The Balaban J connectivity index is 1.65. The molecule has 0 aliphatic rings. The summed E-state index contributed by atoms with van der Waals surface area (Å²) in [7, 11) is 1.29. The van der Waals surface area contributed by atoms with E-state index in [2.05, 4.69) is 5.32 Å². The lowest BCUT2D eigenvalue weighted by atomic mass is 10.1. The molecule has 0 saturated carbocycles. The summed E-state index contributed by atoms with van der Waals surface area (Å²) in [6.07, 6.45) is 0. The highest BCUT2D eigenvalue weighted by molar-refractivity contribution is 5.97. The SMILES string of the molecule is COc1cc(NC(=O)COC(=O)c2cc3ccccc3o2)c(C)cc1[N+](=O)[O-]. The molecule has 1 amide bonds. The average Bonchev–Trinajstić information content (AvgIpc) is 3.11. The summed E-state index contributed by atoms with van der Waals surface area (Å²) in [6.45, 7) is 1.05. The maximum atomic E-state index is 12.1. The number of nitrogens with one attached hydrogen (secondary N) is 1. The molecule has 3 rings (SSSR count). The number of aryl methyl sites for hydroxylation is 1. The van der Waals surface area contributed by atoms with Crippen LogP contribution < -0.4 is 10.1 Å². The number of nitrogens with zero attached hydrogens (tertiary/aromatic N) is 1. The fourth-order valence-electron chi connectivity index (χ4n) is 2.58. The highest BCUT2D eigenvalue weighted by Gasteiger charge is 2.19. The second-order valence-electron chi connectivity index (χ2n) is 5.87. The second kappa shape index (κ2) is 7.78. The van der Waals surface area contributed by atoms with E-state index in [0.29, 0.717) is 16.8 Å². The van der Waals surface area contributed by atoms with E-state index in [-0.39, 0.29) is 17.2 Å². The van der Waals surface area contributed by atoms with Crippen LogP contribution in [0, 0.1) is 17.0 Å². The van der Waals surface area contributed by atoms with Crippen LogP contribution in [0.3, 0.4) is 0 Å². The van der Waals surface area contributed by atoms with Crippen molar-refractivity contribution < 1.29 is 28.4 Å². The monoisotopic (exact) mass is 384 g/mol. The summed E-state index contributed by atoms with van der Waals surface area (Å²) < 4.78 is 15.3. The Labute approximate surface area is 159 Å². The van der Waals surface area contributed by atoms with Gasteiger partial charge in [0.15, 0.2) is 12.4 Å². The summed E-state index contributed by atoms with van der Waals surface area (Å²) in [5.41, 5.74) is 1.10. The zero-order valence-corrected chi connectivity index (χ0v) is 15.1. The van der Waals surface area contributed by atoms with Crippen molar-refractivity contribution in [3.05, 3.63) is 63.9 Å². The number of nitro groups is 1. The van der Waals surface area contributed by atoms with Crippen LogP contribution in [0.25, 0.3) is 11.0 Å². The number of anilines is 1. The number of hydrogen-bond acceptors (Lipinski definition) is 7. The topological polar surface area (TPSA) is 121 Å². The highest BCUT2D eigenvalue weighted by Crippen LogP contribution is 2.32. The van der Waals surface area contributed by atoms with Gasteiger partial charge in [-0.1, -0.05) is 18.2 Å². The van der Waals surface area contributed by atoms with Crippen molar-refractivity contribution in [2.45, 2.75) is 6.92 Å². The van der Waals surface area contributed by atoms with Gasteiger partial charge in [0.25, 0.3) is 5.91 Å². The molecule has 0 aliphatic carbocycles. The van der Waals surface area contributed by atoms with E-state index < -0.39 is 23.4 Å². The van der Waals surface area contributed by atoms with E-state index in [4.69, 9.17) is 13.9 Å². The molecular weight excluding hydrogens is 368 g/mol. The molecule has 0 aliphatic heterocycles. The minimum Gasteiger partial charge on any atom is -0.490 e. The third-order valence-electron chi connectivity index (χ3n) is 3.96.